The van der Waals surface area contributed by atoms with Crippen molar-refractivity contribution in [2.24, 2.45) is 0 Å². The van der Waals surface area contributed by atoms with Crippen molar-refractivity contribution < 1.29 is 19.1 Å². The quantitative estimate of drug-likeness (QED) is 0.911. The number of nitrogens with zero attached hydrogens (tertiary/aromatic N) is 2. The molecular weight excluding hydrogens is 334 g/mol. The zero-order chi connectivity index (χ0) is 18.4. The molecule has 3 rings (SSSR count). The minimum Gasteiger partial charge on any atom is -0.497 e. The maximum absolute atomic E-state index is 12.2. The summed E-state index contributed by atoms with van der Waals surface area (Å²) >= 11 is 0. The SMILES string of the molecule is COc1ccc(OC2CCN(C(=O)NC(=O)c3ccccn3)CC2)cc1. The van der Waals surface area contributed by atoms with E-state index < -0.39 is 11.9 Å². The average molecular weight is 355 g/mol. The van der Waals surface area contributed by atoms with Crippen molar-refractivity contribution in [1.29, 1.82) is 0 Å². The lowest BCUT2D eigenvalue weighted by molar-refractivity contribution is 0.0912. The highest BCUT2D eigenvalue weighted by atomic mass is 16.5. The maximum atomic E-state index is 12.2. The Labute approximate surface area is 151 Å². The van der Waals surface area contributed by atoms with E-state index in [1.165, 1.54) is 6.20 Å². The summed E-state index contributed by atoms with van der Waals surface area (Å²) < 4.78 is 11.1. The fraction of sp³-hybridized carbons (Fsp3) is 0.316. The number of urea groups is 1. The van der Waals surface area contributed by atoms with Crippen molar-refractivity contribution in [2.75, 3.05) is 20.2 Å². The number of carbonyl (C=O) groups excluding carboxylic acids is 2. The zero-order valence-electron chi connectivity index (χ0n) is 14.6. The van der Waals surface area contributed by atoms with Crippen molar-refractivity contribution >= 4 is 11.9 Å². The Balaban J connectivity index is 1.46. The molecule has 0 bridgehead atoms. The van der Waals surface area contributed by atoms with Crippen LogP contribution in [-0.2, 0) is 0 Å². The molecule has 1 N–H and O–H groups in total. The largest absolute Gasteiger partial charge is 0.497 e. The summed E-state index contributed by atoms with van der Waals surface area (Å²) in [5.74, 6) is 1.06. The summed E-state index contributed by atoms with van der Waals surface area (Å²) in [4.78, 5) is 29.8. The van der Waals surface area contributed by atoms with Gasteiger partial charge in [-0.3, -0.25) is 15.1 Å². The molecular formula is C19H21N3O4. The second-order valence-electron chi connectivity index (χ2n) is 5.95. The number of imide groups is 1. The fourth-order valence-corrected chi connectivity index (χ4v) is 2.76. The highest BCUT2D eigenvalue weighted by Crippen LogP contribution is 2.21. The molecule has 0 radical (unpaired) electrons. The highest BCUT2D eigenvalue weighted by Gasteiger charge is 2.25. The maximum Gasteiger partial charge on any atom is 0.324 e. The van der Waals surface area contributed by atoms with Crippen molar-refractivity contribution in [3.8, 4) is 11.5 Å². The molecule has 2 aromatic rings. The van der Waals surface area contributed by atoms with E-state index in [1.807, 2.05) is 24.3 Å². The molecule has 0 atom stereocenters. The number of benzene rings is 1. The molecule has 2 heterocycles. The summed E-state index contributed by atoms with van der Waals surface area (Å²) in [5, 5.41) is 2.37. The number of pyridine rings is 1. The van der Waals surface area contributed by atoms with Crippen LogP contribution in [0.1, 0.15) is 23.3 Å². The van der Waals surface area contributed by atoms with Crippen LogP contribution < -0.4 is 14.8 Å². The van der Waals surface area contributed by atoms with Gasteiger partial charge in [-0.15, -0.1) is 0 Å². The van der Waals surface area contributed by atoms with Gasteiger partial charge in [0.2, 0.25) is 0 Å². The van der Waals surface area contributed by atoms with Crippen LogP contribution in [0.25, 0.3) is 0 Å². The average Bonchev–Trinajstić information content (AvgIpc) is 2.69. The predicted molar refractivity (Wildman–Crippen MR) is 95.3 cm³/mol. The molecule has 0 aliphatic carbocycles. The first kappa shape index (κ1) is 17.7. The Kier molecular flexibility index (Phi) is 5.68. The molecule has 7 heteroatoms. The number of ether oxygens (including phenoxy) is 2. The molecule has 1 aliphatic rings. The number of rotatable bonds is 4. The van der Waals surface area contributed by atoms with Gasteiger partial charge in [-0.05, 0) is 36.4 Å². The minimum atomic E-state index is -0.493. The van der Waals surface area contributed by atoms with Crippen LogP contribution >= 0.6 is 0 Å². The molecule has 1 saturated heterocycles. The number of nitrogens with one attached hydrogen (secondary N) is 1. The molecule has 0 spiro atoms. The first-order valence-corrected chi connectivity index (χ1v) is 8.47. The monoisotopic (exact) mass is 355 g/mol. The Hall–Kier alpha value is -3.09. The zero-order valence-corrected chi connectivity index (χ0v) is 14.6. The Bertz CT molecular complexity index is 741. The summed E-state index contributed by atoms with van der Waals surface area (Å²) in [6.07, 6.45) is 2.97. The lowest BCUT2D eigenvalue weighted by atomic mass is 10.1. The van der Waals surface area contributed by atoms with Crippen LogP contribution in [0, 0.1) is 0 Å². The molecule has 136 valence electrons. The lowest BCUT2D eigenvalue weighted by Crippen LogP contribution is -2.48. The second-order valence-corrected chi connectivity index (χ2v) is 5.95. The Morgan fingerprint density at radius 2 is 1.77 bits per heavy atom. The molecule has 26 heavy (non-hydrogen) atoms. The number of hydrogen-bond donors (Lipinski definition) is 1. The van der Waals surface area contributed by atoms with E-state index in [0.29, 0.717) is 25.9 Å². The van der Waals surface area contributed by atoms with Crippen LogP contribution in [0.5, 0.6) is 11.5 Å². The Morgan fingerprint density at radius 1 is 1.08 bits per heavy atom. The van der Waals surface area contributed by atoms with Crippen molar-refractivity contribution in [2.45, 2.75) is 18.9 Å². The van der Waals surface area contributed by atoms with Crippen LogP contribution in [-0.4, -0.2) is 48.1 Å². The van der Waals surface area contributed by atoms with E-state index in [-0.39, 0.29) is 11.8 Å². The van der Waals surface area contributed by atoms with E-state index in [1.54, 1.807) is 30.2 Å². The molecule has 1 aliphatic heterocycles. The van der Waals surface area contributed by atoms with Gasteiger partial charge in [0.15, 0.2) is 0 Å². The molecule has 0 unspecified atom stereocenters. The predicted octanol–water partition coefficient (Wildman–Crippen LogP) is 2.48. The third-order valence-electron chi connectivity index (χ3n) is 4.21. The molecule has 3 amide bonds. The number of piperidine rings is 1. The second kappa shape index (κ2) is 8.33. The number of carbonyl (C=O) groups is 2. The van der Waals surface area contributed by atoms with Crippen molar-refractivity contribution in [3.63, 3.8) is 0 Å². The van der Waals surface area contributed by atoms with Gasteiger partial charge >= 0.3 is 6.03 Å². The van der Waals surface area contributed by atoms with Crippen LogP contribution in [0.4, 0.5) is 4.79 Å². The number of amides is 3. The first-order chi connectivity index (χ1) is 12.7. The number of hydrogen-bond acceptors (Lipinski definition) is 5. The van der Waals surface area contributed by atoms with Gasteiger partial charge in [-0.2, -0.15) is 0 Å². The van der Waals surface area contributed by atoms with Gasteiger partial charge in [0.25, 0.3) is 5.91 Å². The summed E-state index contributed by atoms with van der Waals surface area (Å²) in [6, 6.07) is 12.0. The molecule has 1 aromatic heterocycles. The summed E-state index contributed by atoms with van der Waals surface area (Å²) in [7, 11) is 1.62. The standard InChI is InChI=1S/C19H21N3O4/c1-25-14-5-7-15(8-6-14)26-16-9-12-22(13-10-16)19(24)21-18(23)17-4-2-3-11-20-17/h2-8,11,16H,9-10,12-13H2,1H3,(H,21,23,24). The normalized spacial score (nSPS) is 14.6. The van der Waals surface area contributed by atoms with Gasteiger partial charge in [0.05, 0.1) is 7.11 Å². The molecule has 1 fully saturated rings. The minimum absolute atomic E-state index is 0.0407. The Morgan fingerprint density at radius 3 is 2.38 bits per heavy atom. The summed E-state index contributed by atoms with van der Waals surface area (Å²) in [6.45, 7) is 1.06. The third kappa shape index (κ3) is 4.50. The van der Waals surface area contributed by atoms with Gasteiger partial charge in [0.1, 0.15) is 23.3 Å². The van der Waals surface area contributed by atoms with E-state index in [2.05, 4.69) is 10.3 Å². The first-order valence-electron chi connectivity index (χ1n) is 8.47. The van der Waals surface area contributed by atoms with Gasteiger partial charge in [-0.25, -0.2) is 4.79 Å². The van der Waals surface area contributed by atoms with Crippen LogP contribution in [0.2, 0.25) is 0 Å². The lowest BCUT2D eigenvalue weighted by Gasteiger charge is -2.32. The molecule has 0 saturated carbocycles. The van der Waals surface area contributed by atoms with Crippen LogP contribution in [0.15, 0.2) is 48.7 Å². The molecule has 7 nitrogen and oxygen atoms in total. The smallest absolute Gasteiger partial charge is 0.324 e. The number of likely N-dealkylation sites (tertiary alicyclic amines) is 1. The van der Waals surface area contributed by atoms with E-state index >= 15 is 0 Å². The van der Waals surface area contributed by atoms with Crippen molar-refractivity contribution in [1.82, 2.24) is 15.2 Å². The van der Waals surface area contributed by atoms with Gasteiger partial charge in [0, 0.05) is 32.1 Å². The van der Waals surface area contributed by atoms with E-state index in [4.69, 9.17) is 9.47 Å². The number of methoxy groups -OCH3 is 1. The topological polar surface area (TPSA) is 80.8 Å². The van der Waals surface area contributed by atoms with E-state index in [0.717, 1.165) is 11.5 Å². The highest BCUT2D eigenvalue weighted by molar-refractivity contribution is 6.03. The third-order valence-corrected chi connectivity index (χ3v) is 4.21. The van der Waals surface area contributed by atoms with Gasteiger partial charge in [-0.1, -0.05) is 6.07 Å². The summed E-state index contributed by atoms with van der Waals surface area (Å²) in [5.41, 5.74) is 0.221. The fourth-order valence-electron chi connectivity index (χ4n) is 2.76. The number of aromatic nitrogens is 1. The van der Waals surface area contributed by atoms with E-state index in [9.17, 15) is 9.59 Å². The van der Waals surface area contributed by atoms with Crippen LogP contribution in [0.3, 0.4) is 0 Å². The van der Waals surface area contributed by atoms with Gasteiger partial charge < -0.3 is 14.4 Å². The molecule has 1 aromatic carbocycles. The van der Waals surface area contributed by atoms with Crippen molar-refractivity contribution in [3.05, 3.63) is 54.4 Å².